The second kappa shape index (κ2) is 10.1. The van der Waals surface area contributed by atoms with Crippen LogP contribution in [-0.4, -0.2) is 37.7 Å². The molecule has 1 unspecified atom stereocenters. The van der Waals surface area contributed by atoms with Crippen LogP contribution in [0.5, 0.6) is 0 Å². The number of ether oxygens (including phenoxy) is 1. The van der Waals surface area contributed by atoms with E-state index in [2.05, 4.69) is 39.8 Å². The van der Waals surface area contributed by atoms with Crippen molar-refractivity contribution in [2.45, 2.75) is 32.0 Å². The van der Waals surface area contributed by atoms with E-state index in [4.69, 9.17) is 4.74 Å². The topological polar surface area (TPSA) is 53.6 Å². The van der Waals surface area contributed by atoms with Gasteiger partial charge in [-0.05, 0) is 42.6 Å². The molecular formula is C22H29N3O2. The number of nitrogens with one attached hydrogen (secondary N) is 2. The van der Waals surface area contributed by atoms with Gasteiger partial charge in [-0.3, -0.25) is 4.90 Å². The standard InChI is InChI=1S/C22H29N3O2/c1-27-17-19-11-9-18(10-12-19)15-23-22(26)24-16-21(25-13-5-6-14-25)20-7-3-2-4-8-20/h2-4,7-12,21H,5-6,13-17H2,1H3,(H2,23,24,26). The van der Waals surface area contributed by atoms with Gasteiger partial charge < -0.3 is 15.4 Å². The maximum atomic E-state index is 12.3. The highest BCUT2D eigenvalue weighted by atomic mass is 16.5. The van der Waals surface area contributed by atoms with Crippen molar-refractivity contribution >= 4 is 6.03 Å². The van der Waals surface area contributed by atoms with Crippen molar-refractivity contribution in [2.75, 3.05) is 26.7 Å². The smallest absolute Gasteiger partial charge is 0.315 e. The minimum absolute atomic E-state index is 0.129. The van der Waals surface area contributed by atoms with Crippen LogP contribution in [0.25, 0.3) is 0 Å². The van der Waals surface area contributed by atoms with Gasteiger partial charge in [-0.2, -0.15) is 0 Å². The zero-order valence-electron chi connectivity index (χ0n) is 16.0. The third-order valence-corrected chi connectivity index (χ3v) is 5.01. The molecule has 0 aliphatic carbocycles. The molecule has 0 aromatic heterocycles. The molecule has 2 aromatic rings. The first-order valence-electron chi connectivity index (χ1n) is 9.63. The summed E-state index contributed by atoms with van der Waals surface area (Å²) in [6.07, 6.45) is 2.46. The molecule has 3 rings (SSSR count). The molecule has 1 aliphatic rings. The largest absolute Gasteiger partial charge is 0.380 e. The van der Waals surface area contributed by atoms with Crippen LogP contribution in [0.15, 0.2) is 54.6 Å². The number of hydrogen-bond acceptors (Lipinski definition) is 3. The zero-order chi connectivity index (χ0) is 18.9. The van der Waals surface area contributed by atoms with Gasteiger partial charge in [-0.15, -0.1) is 0 Å². The highest BCUT2D eigenvalue weighted by Crippen LogP contribution is 2.24. The van der Waals surface area contributed by atoms with Gasteiger partial charge in [0, 0.05) is 20.2 Å². The summed E-state index contributed by atoms with van der Waals surface area (Å²) in [5.74, 6) is 0. The molecule has 2 amide bonds. The van der Waals surface area contributed by atoms with E-state index < -0.39 is 0 Å². The van der Waals surface area contributed by atoms with Crippen LogP contribution in [0.3, 0.4) is 0 Å². The lowest BCUT2D eigenvalue weighted by Gasteiger charge is -2.28. The van der Waals surface area contributed by atoms with Crippen LogP contribution in [0.1, 0.15) is 35.6 Å². The number of benzene rings is 2. The first-order chi connectivity index (χ1) is 13.3. The fourth-order valence-corrected chi connectivity index (χ4v) is 3.54. The molecule has 144 valence electrons. The molecule has 0 saturated carbocycles. The fraction of sp³-hybridized carbons (Fsp3) is 0.409. The van der Waals surface area contributed by atoms with Crippen LogP contribution in [-0.2, 0) is 17.9 Å². The highest BCUT2D eigenvalue weighted by Gasteiger charge is 2.23. The predicted molar refractivity (Wildman–Crippen MR) is 107 cm³/mol. The normalized spacial score (nSPS) is 15.4. The molecule has 0 radical (unpaired) electrons. The minimum Gasteiger partial charge on any atom is -0.380 e. The Morgan fingerprint density at radius 2 is 1.67 bits per heavy atom. The second-order valence-electron chi connectivity index (χ2n) is 6.98. The first-order valence-corrected chi connectivity index (χ1v) is 9.63. The molecule has 0 bridgehead atoms. The van der Waals surface area contributed by atoms with Crippen LogP contribution in [0, 0.1) is 0 Å². The Morgan fingerprint density at radius 3 is 2.33 bits per heavy atom. The number of likely N-dealkylation sites (tertiary alicyclic amines) is 1. The van der Waals surface area contributed by atoms with E-state index in [1.54, 1.807) is 7.11 Å². The Kier molecular flexibility index (Phi) is 7.25. The third-order valence-electron chi connectivity index (χ3n) is 5.01. The van der Waals surface area contributed by atoms with Crippen molar-refractivity contribution in [2.24, 2.45) is 0 Å². The molecule has 2 N–H and O–H groups in total. The molecule has 5 nitrogen and oxygen atoms in total. The van der Waals surface area contributed by atoms with E-state index in [0.717, 1.165) is 24.2 Å². The molecule has 27 heavy (non-hydrogen) atoms. The molecule has 1 saturated heterocycles. The van der Waals surface area contributed by atoms with Crippen molar-refractivity contribution in [3.8, 4) is 0 Å². The van der Waals surface area contributed by atoms with Gasteiger partial charge in [-0.25, -0.2) is 4.79 Å². The van der Waals surface area contributed by atoms with Crippen LogP contribution < -0.4 is 10.6 Å². The second-order valence-corrected chi connectivity index (χ2v) is 6.98. The lowest BCUT2D eigenvalue weighted by Crippen LogP contribution is -2.41. The number of rotatable bonds is 8. The van der Waals surface area contributed by atoms with E-state index in [9.17, 15) is 4.79 Å². The first kappa shape index (κ1) is 19.4. The number of carbonyl (C=O) groups is 1. The third kappa shape index (κ3) is 5.81. The molecule has 1 fully saturated rings. The van der Waals surface area contributed by atoms with Crippen LogP contribution in [0.2, 0.25) is 0 Å². The number of urea groups is 1. The lowest BCUT2D eigenvalue weighted by atomic mass is 10.1. The van der Waals surface area contributed by atoms with Crippen molar-refractivity contribution in [1.82, 2.24) is 15.5 Å². The molecule has 0 spiro atoms. The summed E-state index contributed by atoms with van der Waals surface area (Å²) in [6, 6.07) is 18.6. The average molecular weight is 367 g/mol. The zero-order valence-corrected chi connectivity index (χ0v) is 16.0. The summed E-state index contributed by atoms with van der Waals surface area (Å²) >= 11 is 0. The van der Waals surface area contributed by atoms with Gasteiger partial charge in [-0.1, -0.05) is 54.6 Å². The SMILES string of the molecule is COCc1ccc(CNC(=O)NCC(c2ccccc2)N2CCCC2)cc1. The van der Waals surface area contributed by atoms with E-state index >= 15 is 0 Å². The quantitative estimate of drug-likeness (QED) is 0.751. The molecule has 2 aromatic carbocycles. The van der Waals surface area contributed by atoms with Gasteiger partial charge in [0.2, 0.25) is 0 Å². The van der Waals surface area contributed by atoms with E-state index in [1.165, 1.54) is 18.4 Å². The molecule has 5 heteroatoms. The Balaban J connectivity index is 1.50. The monoisotopic (exact) mass is 367 g/mol. The van der Waals surface area contributed by atoms with E-state index in [1.807, 2.05) is 30.3 Å². The van der Waals surface area contributed by atoms with Crippen molar-refractivity contribution in [1.29, 1.82) is 0 Å². The number of carbonyl (C=O) groups excluding carboxylic acids is 1. The van der Waals surface area contributed by atoms with Gasteiger partial charge in [0.1, 0.15) is 0 Å². The summed E-state index contributed by atoms with van der Waals surface area (Å²) in [5.41, 5.74) is 3.46. The molecular weight excluding hydrogens is 338 g/mol. The van der Waals surface area contributed by atoms with Crippen molar-refractivity contribution in [3.63, 3.8) is 0 Å². The van der Waals surface area contributed by atoms with E-state index in [0.29, 0.717) is 19.7 Å². The summed E-state index contributed by atoms with van der Waals surface area (Å²) in [6.45, 7) is 3.92. The number of methoxy groups -OCH3 is 1. The summed E-state index contributed by atoms with van der Waals surface area (Å²) in [7, 11) is 1.69. The highest BCUT2D eigenvalue weighted by molar-refractivity contribution is 5.73. The van der Waals surface area contributed by atoms with Gasteiger partial charge in [0.15, 0.2) is 0 Å². The molecule has 1 atom stereocenters. The Morgan fingerprint density at radius 1 is 1.00 bits per heavy atom. The Bertz CT molecular complexity index is 697. The maximum absolute atomic E-state index is 12.3. The van der Waals surface area contributed by atoms with Gasteiger partial charge in [0.25, 0.3) is 0 Å². The molecule has 1 heterocycles. The van der Waals surface area contributed by atoms with E-state index in [-0.39, 0.29) is 12.1 Å². The fourth-order valence-electron chi connectivity index (χ4n) is 3.54. The number of nitrogens with zero attached hydrogens (tertiary/aromatic N) is 1. The van der Waals surface area contributed by atoms with Crippen LogP contribution >= 0.6 is 0 Å². The number of amides is 2. The summed E-state index contributed by atoms with van der Waals surface area (Å²) in [5, 5.41) is 6.00. The van der Waals surface area contributed by atoms with Crippen molar-refractivity contribution < 1.29 is 9.53 Å². The van der Waals surface area contributed by atoms with Gasteiger partial charge >= 0.3 is 6.03 Å². The number of hydrogen-bond donors (Lipinski definition) is 2. The van der Waals surface area contributed by atoms with Gasteiger partial charge in [0.05, 0.1) is 12.6 Å². The summed E-state index contributed by atoms with van der Waals surface area (Å²) in [4.78, 5) is 14.7. The maximum Gasteiger partial charge on any atom is 0.315 e. The lowest BCUT2D eigenvalue weighted by molar-refractivity contribution is 0.185. The minimum atomic E-state index is -0.129. The Hall–Kier alpha value is -2.37. The predicted octanol–water partition coefficient (Wildman–Crippen LogP) is 3.47. The summed E-state index contributed by atoms with van der Waals surface area (Å²) < 4.78 is 5.12. The van der Waals surface area contributed by atoms with Crippen molar-refractivity contribution in [3.05, 3.63) is 71.3 Å². The molecule has 1 aliphatic heterocycles. The van der Waals surface area contributed by atoms with Crippen LogP contribution in [0.4, 0.5) is 4.79 Å². The Labute approximate surface area is 161 Å². The average Bonchev–Trinajstić information content (AvgIpc) is 3.23.